The van der Waals surface area contributed by atoms with Gasteiger partial charge in [0.25, 0.3) is 6.01 Å². The average Bonchev–Trinajstić information content (AvgIpc) is 3.47. The van der Waals surface area contributed by atoms with Crippen molar-refractivity contribution in [3.63, 3.8) is 0 Å². The third-order valence-electron chi connectivity index (χ3n) is 6.64. The summed E-state index contributed by atoms with van der Waals surface area (Å²) in [5.74, 6) is -1.21. The van der Waals surface area contributed by atoms with E-state index in [1.54, 1.807) is 4.90 Å². The van der Waals surface area contributed by atoms with Gasteiger partial charge in [-0.3, -0.25) is 4.90 Å². The molecule has 3 fully saturated rings. The molecule has 5 heterocycles. The molecule has 0 saturated carbocycles. The second kappa shape index (κ2) is 8.37. The predicted molar refractivity (Wildman–Crippen MR) is 116 cm³/mol. The zero-order valence-corrected chi connectivity index (χ0v) is 19.9. The van der Waals surface area contributed by atoms with Gasteiger partial charge in [0.15, 0.2) is 22.5 Å². The third kappa shape index (κ3) is 4.11. The quantitative estimate of drug-likeness (QED) is 0.431. The van der Waals surface area contributed by atoms with Crippen LogP contribution in [0.3, 0.4) is 0 Å². The number of thiazole rings is 1. The molecule has 9 nitrogen and oxygen atoms in total. The molecule has 1 amide bonds. The molecule has 0 radical (unpaired) electrons. The Morgan fingerprint density at radius 1 is 1.22 bits per heavy atom. The highest BCUT2D eigenvalue weighted by Crippen LogP contribution is 2.51. The number of hydrogen-bond donors (Lipinski definition) is 1. The fraction of sp³-hybridized carbons (Fsp3) is 0.476. The summed E-state index contributed by atoms with van der Waals surface area (Å²) < 4.78 is 97.5. The Morgan fingerprint density at radius 3 is 2.41 bits per heavy atom. The number of carbonyl (C=O) groups is 1. The summed E-state index contributed by atoms with van der Waals surface area (Å²) >= 11 is 1.03. The number of benzene rings is 1. The Hall–Kier alpha value is -3.27. The molecular weight excluding hydrogens is 534 g/mol. The summed E-state index contributed by atoms with van der Waals surface area (Å²) in [5.41, 5.74) is -5.06. The third-order valence-corrected chi connectivity index (χ3v) is 7.44. The van der Waals surface area contributed by atoms with Crippen LogP contribution in [0.4, 0.5) is 37.2 Å². The van der Waals surface area contributed by atoms with Crippen LogP contribution in [-0.4, -0.2) is 70.9 Å². The lowest BCUT2D eigenvalue weighted by Crippen LogP contribution is -2.70. The molecule has 1 N–H and O–H groups in total. The Balaban J connectivity index is 1.72. The molecule has 3 unspecified atom stereocenters. The monoisotopic (exact) mass is 552 g/mol. The average molecular weight is 552 g/mol. The van der Waals surface area contributed by atoms with Crippen molar-refractivity contribution in [2.45, 2.75) is 43.6 Å². The highest BCUT2D eigenvalue weighted by Gasteiger charge is 2.56. The van der Waals surface area contributed by atoms with Crippen molar-refractivity contribution in [2.24, 2.45) is 0 Å². The maximum absolute atomic E-state index is 14.1. The summed E-state index contributed by atoms with van der Waals surface area (Å²) in [6.07, 6.45) is -9.63. The van der Waals surface area contributed by atoms with Crippen LogP contribution in [0, 0.1) is 0 Å². The zero-order chi connectivity index (χ0) is 26.9. The largest absolute Gasteiger partial charge is 0.573 e. The number of ether oxygens (including phenoxy) is 2. The number of anilines is 1. The van der Waals surface area contributed by atoms with Gasteiger partial charge < -0.3 is 23.9 Å². The summed E-state index contributed by atoms with van der Waals surface area (Å²) in [5, 5.41) is 11.0. The van der Waals surface area contributed by atoms with Gasteiger partial charge in [0.05, 0.1) is 17.6 Å². The van der Waals surface area contributed by atoms with Crippen LogP contribution in [-0.2, 0) is 10.3 Å². The maximum atomic E-state index is 14.1. The molecule has 2 bridgehead atoms. The normalized spacial score (nSPS) is 21.6. The van der Waals surface area contributed by atoms with E-state index in [0.29, 0.717) is 13.3 Å². The van der Waals surface area contributed by atoms with E-state index in [1.165, 1.54) is 16.5 Å². The first-order chi connectivity index (χ1) is 17.2. The summed E-state index contributed by atoms with van der Waals surface area (Å²) in [4.78, 5) is 22.4. The number of nitrogens with zero attached hydrogens (tertiary/aromatic N) is 4. The van der Waals surface area contributed by atoms with E-state index < -0.39 is 41.1 Å². The molecule has 3 atom stereocenters. The number of rotatable bonds is 5. The molecule has 37 heavy (non-hydrogen) atoms. The number of methoxy groups -OCH3 is 1. The topological polar surface area (TPSA) is 101 Å². The maximum Gasteiger partial charge on any atom is 0.573 e. The second-order valence-electron chi connectivity index (χ2n) is 8.73. The number of oxazole rings is 1. The number of halogens is 6. The Labute approximate surface area is 208 Å². The van der Waals surface area contributed by atoms with Crippen LogP contribution in [0.15, 0.2) is 22.1 Å². The minimum absolute atomic E-state index is 0.0323. The van der Waals surface area contributed by atoms with Gasteiger partial charge in [0, 0.05) is 37.3 Å². The standard InChI is InChI=1S/C21H18F6N4O5S/c1-19(34-2,20(22,23)24)12-6-11(16-28-3-4-37-16)14-13(15(12)36-21(25,26)27)29-17(35-14)30-7-9-5-10(8-30)31(9)18(32)33/h3-4,6,9-10H,5,7-8H2,1-2H3,(H,32,33). The molecule has 16 heteroatoms. The number of alkyl halides is 6. The number of fused-ring (bicyclic) bond motifs is 3. The number of piperidine rings is 1. The first-order valence-corrected chi connectivity index (χ1v) is 11.6. The molecule has 6 rings (SSSR count). The SMILES string of the molecule is COC(C)(c1cc(-c2nccs2)c2oc(N3CC4CC(C3)N4C(=O)O)nc2c1OC(F)(F)F)C(F)(F)F. The van der Waals surface area contributed by atoms with Crippen molar-refractivity contribution in [3.8, 4) is 16.3 Å². The van der Waals surface area contributed by atoms with Crippen molar-refractivity contribution in [1.82, 2.24) is 14.9 Å². The highest BCUT2D eigenvalue weighted by atomic mass is 32.1. The van der Waals surface area contributed by atoms with E-state index in [9.17, 15) is 36.2 Å². The van der Waals surface area contributed by atoms with Crippen LogP contribution in [0.2, 0.25) is 0 Å². The smallest absolute Gasteiger partial charge is 0.465 e. The van der Waals surface area contributed by atoms with Gasteiger partial charge in [-0.25, -0.2) is 9.78 Å². The van der Waals surface area contributed by atoms with Crippen molar-refractivity contribution >= 4 is 34.5 Å². The molecule has 3 aromatic rings. The van der Waals surface area contributed by atoms with Crippen molar-refractivity contribution in [3.05, 3.63) is 23.2 Å². The van der Waals surface area contributed by atoms with Crippen LogP contribution < -0.4 is 9.64 Å². The van der Waals surface area contributed by atoms with Gasteiger partial charge in [-0.2, -0.15) is 18.2 Å². The minimum atomic E-state index is -5.36. The number of aromatic nitrogens is 2. The van der Waals surface area contributed by atoms with Gasteiger partial charge in [0.2, 0.25) is 0 Å². The minimum Gasteiger partial charge on any atom is -0.465 e. The first-order valence-electron chi connectivity index (χ1n) is 10.7. The zero-order valence-electron chi connectivity index (χ0n) is 19.1. The Morgan fingerprint density at radius 2 is 1.89 bits per heavy atom. The number of hydrogen-bond acceptors (Lipinski definition) is 8. The molecule has 3 aliphatic heterocycles. The van der Waals surface area contributed by atoms with Crippen LogP contribution in [0.5, 0.6) is 5.75 Å². The number of piperazine rings is 1. The van der Waals surface area contributed by atoms with E-state index in [4.69, 9.17) is 9.15 Å². The number of amides is 1. The van der Waals surface area contributed by atoms with Crippen molar-refractivity contribution in [1.29, 1.82) is 0 Å². The molecule has 3 aliphatic rings. The van der Waals surface area contributed by atoms with Crippen LogP contribution >= 0.6 is 11.3 Å². The van der Waals surface area contributed by atoms with Gasteiger partial charge >= 0.3 is 18.6 Å². The van der Waals surface area contributed by atoms with Gasteiger partial charge in [-0.15, -0.1) is 24.5 Å². The van der Waals surface area contributed by atoms with E-state index in [2.05, 4.69) is 14.7 Å². The predicted octanol–water partition coefficient (Wildman–Crippen LogP) is 5.21. The van der Waals surface area contributed by atoms with Gasteiger partial charge in [0.1, 0.15) is 5.01 Å². The van der Waals surface area contributed by atoms with Crippen LogP contribution in [0.25, 0.3) is 21.7 Å². The lowest BCUT2D eigenvalue weighted by Gasteiger charge is -2.54. The lowest BCUT2D eigenvalue weighted by molar-refractivity contribution is -0.283. The molecule has 0 spiro atoms. The van der Waals surface area contributed by atoms with E-state index in [0.717, 1.165) is 24.5 Å². The molecular formula is C21H18F6N4O5S. The first kappa shape index (κ1) is 25.4. The van der Waals surface area contributed by atoms with Gasteiger partial charge in [-0.1, -0.05) is 0 Å². The molecule has 2 aromatic heterocycles. The molecule has 0 aliphatic carbocycles. The highest BCUT2D eigenvalue weighted by molar-refractivity contribution is 7.13. The molecule has 200 valence electrons. The van der Waals surface area contributed by atoms with Crippen LogP contribution in [0.1, 0.15) is 18.9 Å². The second-order valence-corrected chi connectivity index (χ2v) is 9.63. The van der Waals surface area contributed by atoms with E-state index in [1.807, 2.05) is 0 Å². The molecule has 1 aromatic carbocycles. The van der Waals surface area contributed by atoms with E-state index in [-0.39, 0.29) is 47.3 Å². The number of carboxylic acid groups (broad SMARTS) is 1. The van der Waals surface area contributed by atoms with Gasteiger partial charge in [-0.05, 0) is 19.4 Å². The van der Waals surface area contributed by atoms with Crippen molar-refractivity contribution < 1.29 is 50.1 Å². The fourth-order valence-electron chi connectivity index (χ4n) is 4.73. The van der Waals surface area contributed by atoms with Crippen molar-refractivity contribution in [2.75, 3.05) is 25.1 Å². The Kier molecular flexibility index (Phi) is 5.74. The summed E-state index contributed by atoms with van der Waals surface area (Å²) in [6.45, 7) is 0.869. The summed E-state index contributed by atoms with van der Waals surface area (Å²) in [6, 6.07) is -0.0854. The molecule has 3 saturated heterocycles. The van der Waals surface area contributed by atoms with E-state index >= 15 is 0 Å². The fourth-order valence-corrected chi connectivity index (χ4v) is 5.38. The summed E-state index contributed by atoms with van der Waals surface area (Å²) in [7, 11) is 0.723. The Bertz CT molecular complexity index is 1330. The lowest BCUT2D eigenvalue weighted by atomic mass is 9.88.